The summed E-state index contributed by atoms with van der Waals surface area (Å²) in [5.74, 6) is -0.231. The van der Waals surface area contributed by atoms with Gasteiger partial charge in [0.1, 0.15) is 6.54 Å². The summed E-state index contributed by atoms with van der Waals surface area (Å²) < 4.78 is 1.46. The van der Waals surface area contributed by atoms with Crippen LogP contribution in [0.2, 0.25) is 5.02 Å². The minimum Gasteiger partial charge on any atom is -0.344 e. The standard InChI is InChI=1S/C12H18ClN3O2/c1-7(2)12(9(4)17)14-11(18)6-16-5-10(13)8(3)15-16/h5,7,12H,6H2,1-4H3,(H,14,18). The zero-order valence-electron chi connectivity index (χ0n) is 11.0. The average molecular weight is 272 g/mol. The molecule has 0 aliphatic heterocycles. The number of aromatic nitrogens is 2. The van der Waals surface area contributed by atoms with Gasteiger partial charge < -0.3 is 5.32 Å². The average Bonchev–Trinajstić information content (AvgIpc) is 2.53. The summed E-state index contributed by atoms with van der Waals surface area (Å²) in [4.78, 5) is 23.2. The first-order valence-electron chi connectivity index (χ1n) is 5.80. The second-order valence-electron chi connectivity index (χ2n) is 4.66. The van der Waals surface area contributed by atoms with Crippen LogP contribution >= 0.6 is 11.6 Å². The largest absolute Gasteiger partial charge is 0.344 e. The van der Waals surface area contributed by atoms with E-state index in [1.807, 2.05) is 13.8 Å². The van der Waals surface area contributed by atoms with Gasteiger partial charge in [0.2, 0.25) is 5.91 Å². The lowest BCUT2D eigenvalue weighted by molar-refractivity contribution is -0.128. The van der Waals surface area contributed by atoms with Crippen LogP contribution in [0.15, 0.2) is 6.20 Å². The molecule has 0 bridgehead atoms. The Morgan fingerprint density at radius 3 is 2.50 bits per heavy atom. The first kappa shape index (κ1) is 14.7. The Labute approximate surface area is 111 Å². The Hall–Kier alpha value is -1.36. The third-order valence-corrected chi connectivity index (χ3v) is 2.98. The molecule has 0 aromatic carbocycles. The van der Waals surface area contributed by atoms with Crippen molar-refractivity contribution in [2.24, 2.45) is 5.92 Å². The number of amides is 1. The van der Waals surface area contributed by atoms with Crippen molar-refractivity contribution >= 4 is 23.3 Å². The highest BCUT2D eigenvalue weighted by Gasteiger charge is 2.20. The molecule has 1 heterocycles. The molecule has 1 unspecified atom stereocenters. The highest BCUT2D eigenvalue weighted by molar-refractivity contribution is 6.31. The fraction of sp³-hybridized carbons (Fsp3) is 0.583. The minimum atomic E-state index is -0.454. The third kappa shape index (κ3) is 3.84. The molecule has 0 spiro atoms. The Balaban J connectivity index is 2.63. The molecule has 18 heavy (non-hydrogen) atoms. The maximum Gasteiger partial charge on any atom is 0.242 e. The van der Waals surface area contributed by atoms with Crippen LogP contribution in [0.25, 0.3) is 0 Å². The van der Waals surface area contributed by atoms with Crippen molar-refractivity contribution in [3.63, 3.8) is 0 Å². The number of rotatable bonds is 5. The van der Waals surface area contributed by atoms with Crippen molar-refractivity contribution in [3.05, 3.63) is 16.9 Å². The lowest BCUT2D eigenvalue weighted by Crippen LogP contribution is -2.44. The number of ketones is 1. The van der Waals surface area contributed by atoms with Gasteiger partial charge in [0.05, 0.1) is 16.8 Å². The van der Waals surface area contributed by atoms with E-state index in [1.54, 1.807) is 13.1 Å². The minimum absolute atomic E-state index is 0.0481. The molecular formula is C12H18ClN3O2. The van der Waals surface area contributed by atoms with Crippen molar-refractivity contribution in [2.75, 3.05) is 0 Å². The van der Waals surface area contributed by atoms with Gasteiger partial charge in [-0.25, -0.2) is 0 Å². The van der Waals surface area contributed by atoms with Gasteiger partial charge in [-0.3, -0.25) is 14.3 Å². The second kappa shape index (κ2) is 6.00. The van der Waals surface area contributed by atoms with Gasteiger partial charge in [-0.1, -0.05) is 25.4 Å². The molecule has 0 saturated carbocycles. The topological polar surface area (TPSA) is 64.0 Å². The zero-order valence-corrected chi connectivity index (χ0v) is 11.8. The van der Waals surface area contributed by atoms with Gasteiger partial charge in [-0.2, -0.15) is 5.10 Å². The molecule has 1 atom stereocenters. The fourth-order valence-corrected chi connectivity index (χ4v) is 1.83. The second-order valence-corrected chi connectivity index (χ2v) is 5.07. The number of aryl methyl sites for hydroxylation is 1. The summed E-state index contributed by atoms with van der Waals surface area (Å²) in [6, 6.07) is -0.454. The van der Waals surface area contributed by atoms with Gasteiger partial charge in [-0.05, 0) is 19.8 Å². The van der Waals surface area contributed by atoms with Gasteiger partial charge in [-0.15, -0.1) is 0 Å². The third-order valence-electron chi connectivity index (χ3n) is 2.61. The molecule has 0 aliphatic carbocycles. The number of hydrogen-bond acceptors (Lipinski definition) is 3. The monoisotopic (exact) mass is 271 g/mol. The number of carbonyl (C=O) groups is 2. The first-order valence-corrected chi connectivity index (χ1v) is 6.18. The normalized spacial score (nSPS) is 12.6. The molecule has 100 valence electrons. The number of halogens is 1. The highest BCUT2D eigenvalue weighted by atomic mass is 35.5. The molecular weight excluding hydrogens is 254 g/mol. The van der Waals surface area contributed by atoms with Crippen LogP contribution in [0.5, 0.6) is 0 Å². The molecule has 1 rings (SSSR count). The number of nitrogens with zero attached hydrogens (tertiary/aromatic N) is 2. The van der Waals surface area contributed by atoms with E-state index in [-0.39, 0.29) is 24.2 Å². The molecule has 1 N–H and O–H groups in total. The van der Waals surface area contributed by atoms with Crippen molar-refractivity contribution in [2.45, 2.75) is 40.3 Å². The zero-order chi connectivity index (χ0) is 13.9. The Morgan fingerprint density at radius 1 is 1.50 bits per heavy atom. The maximum absolute atomic E-state index is 11.8. The molecule has 5 nitrogen and oxygen atoms in total. The summed E-state index contributed by atoms with van der Waals surface area (Å²) >= 11 is 5.85. The van der Waals surface area contributed by atoms with Crippen molar-refractivity contribution < 1.29 is 9.59 Å². The summed E-state index contributed by atoms with van der Waals surface area (Å²) in [5, 5.41) is 7.31. The summed E-state index contributed by atoms with van der Waals surface area (Å²) in [6.07, 6.45) is 1.59. The molecule has 0 fully saturated rings. The molecule has 0 radical (unpaired) electrons. The van der Waals surface area contributed by atoms with Crippen LogP contribution < -0.4 is 5.32 Å². The number of Topliss-reactive ketones (excluding diaryl/α,β-unsaturated/α-hetero) is 1. The summed E-state index contributed by atoms with van der Waals surface area (Å²) in [5.41, 5.74) is 0.677. The predicted molar refractivity (Wildman–Crippen MR) is 69.4 cm³/mol. The fourth-order valence-electron chi connectivity index (χ4n) is 1.68. The van der Waals surface area contributed by atoms with Gasteiger partial charge >= 0.3 is 0 Å². The van der Waals surface area contributed by atoms with Crippen LogP contribution in [0, 0.1) is 12.8 Å². The number of nitrogens with one attached hydrogen (secondary N) is 1. The highest BCUT2D eigenvalue weighted by Crippen LogP contribution is 2.11. The molecule has 1 amide bonds. The Kier molecular flexibility index (Phi) is 4.90. The van der Waals surface area contributed by atoms with Gasteiger partial charge in [0.25, 0.3) is 0 Å². The van der Waals surface area contributed by atoms with E-state index in [2.05, 4.69) is 10.4 Å². The predicted octanol–water partition coefficient (Wildman–Crippen LogP) is 1.57. The lowest BCUT2D eigenvalue weighted by atomic mass is 10.0. The quantitative estimate of drug-likeness (QED) is 0.884. The summed E-state index contributed by atoms with van der Waals surface area (Å²) in [6.45, 7) is 7.08. The van der Waals surface area contributed by atoms with Crippen LogP contribution in [0.1, 0.15) is 26.5 Å². The molecule has 1 aromatic rings. The van der Waals surface area contributed by atoms with Gasteiger partial charge in [0.15, 0.2) is 5.78 Å². The summed E-state index contributed by atoms with van der Waals surface area (Å²) in [7, 11) is 0. The number of hydrogen-bond donors (Lipinski definition) is 1. The Morgan fingerprint density at radius 2 is 2.11 bits per heavy atom. The van der Waals surface area contributed by atoms with E-state index < -0.39 is 6.04 Å². The van der Waals surface area contributed by atoms with Crippen LogP contribution in [-0.4, -0.2) is 27.5 Å². The molecule has 0 aliphatic rings. The molecule has 0 saturated heterocycles. The van der Waals surface area contributed by atoms with Crippen LogP contribution in [-0.2, 0) is 16.1 Å². The van der Waals surface area contributed by atoms with E-state index in [0.29, 0.717) is 10.7 Å². The van der Waals surface area contributed by atoms with Crippen LogP contribution in [0.3, 0.4) is 0 Å². The lowest BCUT2D eigenvalue weighted by Gasteiger charge is -2.19. The Bertz CT molecular complexity index is 435. The van der Waals surface area contributed by atoms with E-state index in [1.165, 1.54) is 11.6 Å². The van der Waals surface area contributed by atoms with E-state index >= 15 is 0 Å². The SMILES string of the molecule is CC(=O)C(NC(=O)Cn1cc(Cl)c(C)n1)C(C)C. The maximum atomic E-state index is 11.8. The van der Waals surface area contributed by atoms with Crippen LogP contribution in [0.4, 0.5) is 0 Å². The van der Waals surface area contributed by atoms with E-state index in [4.69, 9.17) is 11.6 Å². The van der Waals surface area contributed by atoms with Crippen molar-refractivity contribution in [1.82, 2.24) is 15.1 Å². The van der Waals surface area contributed by atoms with E-state index in [9.17, 15) is 9.59 Å². The van der Waals surface area contributed by atoms with Crippen molar-refractivity contribution in [3.8, 4) is 0 Å². The van der Waals surface area contributed by atoms with Gasteiger partial charge in [0, 0.05) is 6.20 Å². The first-order chi connectivity index (χ1) is 8.31. The molecule has 6 heteroatoms. The van der Waals surface area contributed by atoms with E-state index in [0.717, 1.165) is 0 Å². The smallest absolute Gasteiger partial charge is 0.242 e. The van der Waals surface area contributed by atoms with Crippen molar-refractivity contribution in [1.29, 1.82) is 0 Å². The molecule has 1 aromatic heterocycles. The number of carbonyl (C=O) groups excluding carboxylic acids is 2.